The number of hydrazine groups is 1. The van der Waals surface area contributed by atoms with Crippen LogP contribution in [0.3, 0.4) is 0 Å². The Balaban J connectivity index is 2.12. The molecule has 2 rings (SSSR count). The van der Waals surface area contributed by atoms with Crippen LogP contribution in [-0.2, 0) is 0 Å². The molecule has 0 unspecified atom stereocenters. The number of rotatable bonds is 8. The molecule has 1 aromatic carbocycles. The molecule has 0 spiro atoms. The second kappa shape index (κ2) is 8.78. The van der Waals surface area contributed by atoms with Gasteiger partial charge in [-0.2, -0.15) is 0 Å². The van der Waals surface area contributed by atoms with E-state index in [9.17, 15) is 14.9 Å². The Hall–Kier alpha value is -2.94. The standard InChI is InChI=1S/C15H17ClN6O3/c1-2-3-8-17-13-12(22(24)25)14(19-9-18-13)20-21-15(23)10-4-6-11(16)7-5-10/h4-7,9H,2-3,8H2,1H3,(H,21,23)(H2,17,18,19,20). The maximum Gasteiger partial charge on any atom is 0.354 e. The number of benzene rings is 1. The fraction of sp³-hybridized carbons (Fsp3) is 0.267. The lowest BCUT2D eigenvalue weighted by molar-refractivity contribution is -0.383. The van der Waals surface area contributed by atoms with Crippen molar-refractivity contribution in [2.24, 2.45) is 0 Å². The predicted octanol–water partition coefficient (Wildman–Crippen LogP) is 3.01. The molecule has 0 radical (unpaired) electrons. The van der Waals surface area contributed by atoms with E-state index in [-0.39, 0.29) is 17.3 Å². The average Bonchev–Trinajstić information content (AvgIpc) is 2.60. The van der Waals surface area contributed by atoms with Crippen LogP contribution in [-0.4, -0.2) is 27.3 Å². The fourth-order valence-electron chi connectivity index (χ4n) is 1.95. The van der Waals surface area contributed by atoms with Crippen LogP contribution in [0.4, 0.5) is 17.3 Å². The van der Waals surface area contributed by atoms with Crippen LogP contribution in [0, 0.1) is 10.1 Å². The number of amides is 1. The van der Waals surface area contributed by atoms with E-state index in [0.717, 1.165) is 12.8 Å². The van der Waals surface area contributed by atoms with Crippen LogP contribution >= 0.6 is 11.6 Å². The highest BCUT2D eigenvalue weighted by Gasteiger charge is 2.23. The molecule has 10 heteroatoms. The van der Waals surface area contributed by atoms with Crippen molar-refractivity contribution in [3.05, 3.63) is 51.3 Å². The number of nitro groups is 1. The van der Waals surface area contributed by atoms with E-state index in [1.807, 2.05) is 6.92 Å². The molecule has 1 amide bonds. The molecule has 0 saturated heterocycles. The lowest BCUT2D eigenvalue weighted by Gasteiger charge is -2.10. The molecule has 132 valence electrons. The van der Waals surface area contributed by atoms with Crippen LogP contribution in [0.15, 0.2) is 30.6 Å². The van der Waals surface area contributed by atoms with E-state index in [2.05, 4.69) is 26.1 Å². The number of carbonyl (C=O) groups is 1. The van der Waals surface area contributed by atoms with Crippen LogP contribution in [0.25, 0.3) is 0 Å². The molecule has 0 bridgehead atoms. The van der Waals surface area contributed by atoms with Crippen LogP contribution in [0.5, 0.6) is 0 Å². The number of hydrogen-bond acceptors (Lipinski definition) is 7. The molecular weight excluding hydrogens is 348 g/mol. The summed E-state index contributed by atoms with van der Waals surface area (Å²) in [5.74, 6) is -0.497. The zero-order valence-electron chi connectivity index (χ0n) is 13.5. The number of halogens is 1. The van der Waals surface area contributed by atoms with Crippen LogP contribution < -0.4 is 16.2 Å². The Morgan fingerprint density at radius 1 is 1.24 bits per heavy atom. The Morgan fingerprint density at radius 3 is 2.56 bits per heavy atom. The molecule has 1 aromatic heterocycles. The lowest BCUT2D eigenvalue weighted by atomic mass is 10.2. The smallest absolute Gasteiger partial charge is 0.354 e. The molecule has 1 heterocycles. The fourth-order valence-corrected chi connectivity index (χ4v) is 2.07. The normalized spacial score (nSPS) is 10.2. The van der Waals surface area contributed by atoms with Gasteiger partial charge in [-0.3, -0.25) is 25.8 Å². The van der Waals surface area contributed by atoms with E-state index < -0.39 is 10.8 Å². The van der Waals surface area contributed by atoms with E-state index in [0.29, 0.717) is 17.1 Å². The van der Waals surface area contributed by atoms with E-state index in [1.165, 1.54) is 18.5 Å². The minimum atomic E-state index is -0.606. The number of aromatic nitrogens is 2. The summed E-state index contributed by atoms with van der Waals surface area (Å²) in [6.07, 6.45) is 2.96. The summed E-state index contributed by atoms with van der Waals surface area (Å²) in [6, 6.07) is 6.20. The van der Waals surface area contributed by atoms with E-state index >= 15 is 0 Å². The molecule has 0 atom stereocenters. The van der Waals surface area contributed by atoms with Gasteiger partial charge in [0, 0.05) is 17.1 Å². The van der Waals surface area contributed by atoms with Crippen molar-refractivity contribution in [1.29, 1.82) is 0 Å². The molecule has 2 aromatic rings. The second-order valence-corrected chi connectivity index (χ2v) is 5.48. The average molecular weight is 365 g/mol. The molecule has 0 fully saturated rings. The third-order valence-electron chi connectivity index (χ3n) is 3.23. The van der Waals surface area contributed by atoms with Gasteiger partial charge < -0.3 is 5.32 Å². The van der Waals surface area contributed by atoms with Crippen molar-refractivity contribution in [3.8, 4) is 0 Å². The van der Waals surface area contributed by atoms with Gasteiger partial charge >= 0.3 is 5.69 Å². The Kier molecular flexibility index (Phi) is 6.47. The first-order valence-electron chi connectivity index (χ1n) is 7.58. The lowest BCUT2D eigenvalue weighted by Crippen LogP contribution is -2.30. The molecule has 25 heavy (non-hydrogen) atoms. The number of carbonyl (C=O) groups excluding carboxylic acids is 1. The van der Waals surface area contributed by atoms with Gasteiger partial charge in [-0.15, -0.1) is 0 Å². The van der Waals surface area contributed by atoms with Gasteiger partial charge in [0.2, 0.25) is 11.6 Å². The quantitative estimate of drug-likeness (QED) is 0.374. The summed E-state index contributed by atoms with van der Waals surface area (Å²) < 4.78 is 0. The Morgan fingerprint density at radius 2 is 1.92 bits per heavy atom. The minimum Gasteiger partial charge on any atom is -0.364 e. The van der Waals surface area contributed by atoms with Crippen molar-refractivity contribution in [2.75, 3.05) is 17.3 Å². The highest BCUT2D eigenvalue weighted by Crippen LogP contribution is 2.28. The first kappa shape index (κ1) is 18.4. The summed E-state index contributed by atoms with van der Waals surface area (Å²) >= 11 is 5.77. The maximum absolute atomic E-state index is 12.1. The van der Waals surface area contributed by atoms with Gasteiger partial charge in [-0.25, -0.2) is 9.97 Å². The maximum atomic E-state index is 12.1. The van der Waals surface area contributed by atoms with Gasteiger partial charge in [0.25, 0.3) is 5.91 Å². The molecule has 0 saturated carbocycles. The minimum absolute atomic E-state index is 0.0942. The topological polar surface area (TPSA) is 122 Å². The third kappa shape index (κ3) is 5.01. The van der Waals surface area contributed by atoms with Gasteiger partial charge in [-0.05, 0) is 30.7 Å². The molecule has 0 aliphatic carbocycles. The number of nitrogens with zero attached hydrogens (tertiary/aromatic N) is 3. The highest BCUT2D eigenvalue weighted by molar-refractivity contribution is 6.30. The zero-order chi connectivity index (χ0) is 18.2. The van der Waals surface area contributed by atoms with Crippen LogP contribution in [0.2, 0.25) is 5.02 Å². The summed E-state index contributed by atoms with van der Waals surface area (Å²) in [7, 11) is 0. The molecule has 3 N–H and O–H groups in total. The highest BCUT2D eigenvalue weighted by atomic mass is 35.5. The third-order valence-corrected chi connectivity index (χ3v) is 3.48. The number of anilines is 2. The van der Waals surface area contributed by atoms with Crippen molar-refractivity contribution >= 4 is 34.8 Å². The predicted molar refractivity (Wildman–Crippen MR) is 94.6 cm³/mol. The van der Waals surface area contributed by atoms with Gasteiger partial charge in [0.15, 0.2) is 0 Å². The molecular formula is C15H17ClN6O3. The number of nitrogens with one attached hydrogen (secondary N) is 3. The Bertz CT molecular complexity index is 753. The SMILES string of the molecule is CCCCNc1ncnc(NNC(=O)c2ccc(Cl)cc2)c1[N+](=O)[O-]. The number of unbranched alkanes of at least 4 members (excludes halogenated alkanes) is 1. The Labute approximate surface area is 148 Å². The van der Waals surface area contributed by atoms with Crippen LogP contribution in [0.1, 0.15) is 30.1 Å². The summed E-state index contributed by atoms with van der Waals surface area (Å²) in [4.78, 5) is 30.5. The monoisotopic (exact) mass is 364 g/mol. The summed E-state index contributed by atoms with van der Waals surface area (Å²) in [5.41, 5.74) is 4.85. The second-order valence-electron chi connectivity index (χ2n) is 5.04. The van der Waals surface area contributed by atoms with Crippen molar-refractivity contribution in [1.82, 2.24) is 15.4 Å². The first-order chi connectivity index (χ1) is 12.0. The van der Waals surface area contributed by atoms with E-state index in [1.54, 1.807) is 12.1 Å². The van der Waals surface area contributed by atoms with Gasteiger partial charge in [0.1, 0.15) is 6.33 Å². The van der Waals surface area contributed by atoms with Crippen molar-refractivity contribution in [2.45, 2.75) is 19.8 Å². The van der Waals surface area contributed by atoms with Crippen molar-refractivity contribution in [3.63, 3.8) is 0 Å². The van der Waals surface area contributed by atoms with Crippen molar-refractivity contribution < 1.29 is 9.72 Å². The first-order valence-corrected chi connectivity index (χ1v) is 7.96. The van der Waals surface area contributed by atoms with Gasteiger partial charge in [0.05, 0.1) is 4.92 Å². The van der Waals surface area contributed by atoms with E-state index in [4.69, 9.17) is 11.6 Å². The zero-order valence-corrected chi connectivity index (χ0v) is 14.2. The number of hydrogen-bond donors (Lipinski definition) is 3. The summed E-state index contributed by atoms with van der Waals surface area (Å²) in [5, 5.41) is 14.7. The summed E-state index contributed by atoms with van der Waals surface area (Å²) in [6.45, 7) is 2.56. The largest absolute Gasteiger partial charge is 0.364 e. The van der Waals surface area contributed by atoms with Gasteiger partial charge in [-0.1, -0.05) is 24.9 Å². The molecule has 9 nitrogen and oxygen atoms in total. The molecule has 0 aliphatic rings. The molecule has 0 aliphatic heterocycles.